The molecule has 0 spiro atoms. The highest BCUT2D eigenvalue weighted by atomic mass is 16.7. The normalized spacial score (nSPS) is 16.1. The van der Waals surface area contributed by atoms with Crippen molar-refractivity contribution in [2.24, 2.45) is 10.9 Å². The van der Waals surface area contributed by atoms with Crippen LogP contribution in [0.1, 0.15) is 32.7 Å². The lowest BCUT2D eigenvalue weighted by Crippen LogP contribution is -2.50. The first-order valence-electron chi connectivity index (χ1n) is 9.65. The van der Waals surface area contributed by atoms with E-state index in [-0.39, 0.29) is 30.5 Å². The monoisotopic (exact) mass is 425 g/mol. The van der Waals surface area contributed by atoms with Crippen LogP contribution in [0.15, 0.2) is 59.8 Å². The Bertz CT molecular complexity index is 992. The van der Waals surface area contributed by atoms with Gasteiger partial charge in [0.1, 0.15) is 0 Å². The van der Waals surface area contributed by atoms with E-state index in [0.29, 0.717) is 5.90 Å². The molecule has 9 nitrogen and oxygen atoms in total. The molecule has 2 aromatic rings. The lowest BCUT2D eigenvalue weighted by molar-refractivity contribution is -0.131. The molecule has 0 bridgehead atoms. The van der Waals surface area contributed by atoms with Crippen LogP contribution in [0.2, 0.25) is 0 Å². The van der Waals surface area contributed by atoms with E-state index in [1.807, 2.05) is 30.3 Å². The minimum atomic E-state index is -1.27. The average Bonchev–Trinajstić information content (AvgIpc) is 3.25. The van der Waals surface area contributed by atoms with Crippen LogP contribution < -0.4 is 5.73 Å². The molecule has 2 aromatic carbocycles. The summed E-state index contributed by atoms with van der Waals surface area (Å²) in [6, 6.07) is 13.9. The fourth-order valence-electron chi connectivity index (χ4n) is 3.25. The third-order valence-corrected chi connectivity index (χ3v) is 4.84. The van der Waals surface area contributed by atoms with Gasteiger partial charge in [-0.2, -0.15) is 0 Å². The van der Waals surface area contributed by atoms with Crippen LogP contribution in [0.25, 0.3) is 0 Å². The van der Waals surface area contributed by atoms with Crippen molar-refractivity contribution < 1.29 is 29.1 Å². The number of carboxylic acids is 1. The highest BCUT2D eigenvalue weighted by Gasteiger charge is 2.34. The van der Waals surface area contributed by atoms with Crippen molar-refractivity contribution in [3.05, 3.63) is 71.3 Å². The second-order valence-corrected chi connectivity index (χ2v) is 7.02. The van der Waals surface area contributed by atoms with Gasteiger partial charge in [0.2, 0.25) is 11.8 Å². The lowest BCUT2D eigenvalue weighted by Gasteiger charge is -2.26. The van der Waals surface area contributed by atoms with E-state index in [4.69, 9.17) is 15.3 Å². The summed E-state index contributed by atoms with van der Waals surface area (Å²) >= 11 is 0. The molecule has 1 heterocycles. The van der Waals surface area contributed by atoms with E-state index in [2.05, 4.69) is 5.16 Å². The Hall–Kier alpha value is -3.72. The number of aromatic carboxylic acids is 1. The lowest BCUT2D eigenvalue weighted by atomic mass is 10.0. The predicted octanol–water partition coefficient (Wildman–Crippen LogP) is 1.67. The van der Waals surface area contributed by atoms with Crippen molar-refractivity contribution in [1.82, 2.24) is 4.90 Å². The maximum atomic E-state index is 13.3. The average molecular weight is 425 g/mol. The molecule has 2 atom stereocenters. The third-order valence-electron chi connectivity index (χ3n) is 4.84. The van der Waals surface area contributed by atoms with Gasteiger partial charge in [-0.1, -0.05) is 47.6 Å². The summed E-state index contributed by atoms with van der Waals surface area (Å²) in [6.07, 6.45) is -0.138. The summed E-state index contributed by atoms with van der Waals surface area (Å²) in [4.78, 5) is 44.2. The van der Waals surface area contributed by atoms with Gasteiger partial charge in [-0.15, -0.1) is 0 Å². The zero-order chi connectivity index (χ0) is 22.4. The van der Waals surface area contributed by atoms with E-state index in [9.17, 15) is 19.5 Å². The first-order chi connectivity index (χ1) is 14.9. The minimum absolute atomic E-state index is 0.110. The molecule has 0 saturated carbocycles. The fourth-order valence-corrected chi connectivity index (χ4v) is 3.25. The van der Waals surface area contributed by atoms with Gasteiger partial charge < -0.3 is 20.4 Å². The number of carbonyl (C=O) groups excluding carboxylic acids is 2. The Morgan fingerprint density at radius 1 is 1.16 bits per heavy atom. The first kappa shape index (κ1) is 22.0. The Balaban J connectivity index is 1.86. The molecule has 0 fully saturated rings. The van der Waals surface area contributed by atoms with Gasteiger partial charge >= 0.3 is 5.97 Å². The number of rotatable bonds is 7. The Kier molecular flexibility index (Phi) is 6.99. The number of imide groups is 1. The minimum Gasteiger partial charge on any atom is -0.482 e. The highest BCUT2D eigenvalue weighted by molar-refractivity contribution is 6.11. The number of amides is 2. The van der Waals surface area contributed by atoms with Crippen LogP contribution in [-0.4, -0.2) is 59.5 Å². The Labute approximate surface area is 179 Å². The summed E-state index contributed by atoms with van der Waals surface area (Å²) in [7, 11) is 1.44. The predicted molar refractivity (Wildman–Crippen MR) is 112 cm³/mol. The van der Waals surface area contributed by atoms with Crippen LogP contribution in [0.4, 0.5) is 0 Å². The molecule has 31 heavy (non-hydrogen) atoms. The van der Waals surface area contributed by atoms with Crippen molar-refractivity contribution in [2.45, 2.75) is 25.0 Å². The molecule has 0 aromatic heterocycles. The number of ether oxygens (including phenoxy) is 1. The number of methoxy groups -OCH3 is 1. The summed E-state index contributed by atoms with van der Waals surface area (Å²) in [5.74, 6) is -2.33. The molecule has 9 heteroatoms. The Morgan fingerprint density at radius 2 is 1.81 bits per heavy atom. The molecular weight excluding hydrogens is 402 g/mol. The van der Waals surface area contributed by atoms with Crippen LogP contribution in [0.5, 0.6) is 0 Å². The van der Waals surface area contributed by atoms with E-state index in [1.165, 1.54) is 31.4 Å². The summed E-state index contributed by atoms with van der Waals surface area (Å²) in [6.45, 7) is -0.148. The van der Waals surface area contributed by atoms with E-state index in [0.717, 1.165) is 10.5 Å². The molecule has 1 unspecified atom stereocenters. The summed E-state index contributed by atoms with van der Waals surface area (Å²) in [5.41, 5.74) is 6.66. The smallest absolute Gasteiger partial charge is 0.336 e. The van der Waals surface area contributed by atoms with Crippen molar-refractivity contribution in [3.63, 3.8) is 0 Å². The van der Waals surface area contributed by atoms with Gasteiger partial charge in [0.05, 0.1) is 37.2 Å². The number of carboxylic acid groups (broad SMARTS) is 1. The van der Waals surface area contributed by atoms with Gasteiger partial charge in [0, 0.05) is 0 Å². The molecule has 0 aliphatic carbocycles. The quantitative estimate of drug-likeness (QED) is 0.690. The van der Waals surface area contributed by atoms with Crippen molar-refractivity contribution in [2.75, 3.05) is 13.7 Å². The second-order valence-electron chi connectivity index (χ2n) is 7.02. The summed E-state index contributed by atoms with van der Waals surface area (Å²) in [5, 5.41) is 13.2. The molecule has 162 valence electrons. The number of hydrogen-bond donors (Lipinski definition) is 2. The van der Waals surface area contributed by atoms with E-state index >= 15 is 0 Å². The number of benzene rings is 2. The second kappa shape index (κ2) is 9.86. The van der Waals surface area contributed by atoms with E-state index in [1.54, 1.807) is 0 Å². The van der Waals surface area contributed by atoms with Gasteiger partial charge in [0.15, 0.2) is 6.10 Å². The molecule has 3 rings (SSSR count). The van der Waals surface area contributed by atoms with Crippen molar-refractivity contribution in [3.8, 4) is 0 Å². The van der Waals surface area contributed by atoms with Gasteiger partial charge in [-0.3, -0.25) is 14.5 Å². The van der Waals surface area contributed by atoms with Crippen LogP contribution in [0.3, 0.4) is 0 Å². The molecule has 1 aliphatic heterocycles. The van der Waals surface area contributed by atoms with Gasteiger partial charge in [0.25, 0.3) is 5.91 Å². The SMILES string of the molecule is COC1=NOC(CN(C(=O)c2ccccc2C(=O)O)C(=O)[C@@H](N)Cc2ccccc2)C1. The molecule has 1 aliphatic rings. The maximum Gasteiger partial charge on any atom is 0.336 e. The molecule has 2 amide bonds. The first-order valence-corrected chi connectivity index (χ1v) is 9.65. The largest absolute Gasteiger partial charge is 0.482 e. The third kappa shape index (κ3) is 5.26. The van der Waals surface area contributed by atoms with Crippen LogP contribution in [0, 0.1) is 0 Å². The number of nitrogens with zero attached hydrogens (tertiary/aromatic N) is 2. The number of nitrogens with two attached hydrogens (primary N) is 1. The standard InChI is InChI=1S/C22H23N3O6/c1-30-19-12-15(31-24-19)13-25(20(26)16-9-5-6-10-17(16)22(28)29)21(27)18(23)11-14-7-3-2-4-8-14/h2-10,15,18H,11-13,23H2,1H3,(H,28,29)/t15?,18-/m0/s1. The molecular formula is C22H23N3O6. The topological polar surface area (TPSA) is 132 Å². The maximum absolute atomic E-state index is 13.3. The Morgan fingerprint density at radius 3 is 2.42 bits per heavy atom. The van der Waals surface area contributed by atoms with Crippen LogP contribution in [-0.2, 0) is 20.8 Å². The molecule has 0 radical (unpaired) electrons. The molecule has 0 saturated heterocycles. The number of carbonyl (C=O) groups is 3. The van der Waals surface area contributed by atoms with Crippen LogP contribution >= 0.6 is 0 Å². The summed E-state index contributed by atoms with van der Waals surface area (Å²) < 4.78 is 5.04. The number of hydrogen-bond acceptors (Lipinski definition) is 7. The molecule has 3 N–H and O–H groups in total. The van der Waals surface area contributed by atoms with Gasteiger partial charge in [-0.25, -0.2) is 4.79 Å². The zero-order valence-corrected chi connectivity index (χ0v) is 16.9. The number of oxime groups is 1. The highest BCUT2D eigenvalue weighted by Crippen LogP contribution is 2.18. The van der Waals surface area contributed by atoms with Gasteiger partial charge in [-0.05, 0) is 24.1 Å². The fraction of sp³-hybridized carbons (Fsp3) is 0.273. The van der Waals surface area contributed by atoms with Crippen molar-refractivity contribution >= 4 is 23.7 Å². The zero-order valence-electron chi connectivity index (χ0n) is 16.9. The van der Waals surface area contributed by atoms with E-state index < -0.39 is 29.9 Å². The van der Waals surface area contributed by atoms with Crippen molar-refractivity contribution in [1.29, 1.82) is 0 Å².